The summed E-state index contributed by atoms with van der Waals surface area (Å²) in [6.45, 7) is 6.14. The molecular weight excluding hydrogens is 424 g/mol. The van der Waals surface area contributed by atoms with Crippen molar-refractivity contribution in [3.8, 4) is 10.4 Å². The number of amides is 1. The highest BCUT2D eigenvalue weighted by Crippen LogP contribution is 2.37. The maximum atomic E-state index is 12.1. The van der Waals surface area contributed by atoms with Crippen LogP contribution in [-0.4, -0.2) is 53.8 Å². The number of carbonyl (C=O) groups excluding carboxylic acids is 1. The van der Waals surface area contributed by atoms with Gasteiger partial charge in [-0.25, -0.2) is 4.98 Å². The van der Waals surface area contributed by atoms with E-state index in [1.165, 1.54) is 11.3 Å². The highest BCUT2D eigenvalue weighted by molar-refractivity contribution is 7.19. The van der Waals surface area contributed by atoms with Gasteiger partial charge in [-0.2, -0.15) is 0 Å². The molecule has 2 aromatic heterocycles. The lowest BCUT2D eigenvalue weighted by Gasteiger charge is -2.26. The molecule has 1 saturated heterocycles. The molecule has 168 valence electrons. The number of thiophene rings is 1. The number of aliphatic hydroxyl groups is 1. The van der Waals surface area contributed by atoms with Gasteiger partial charge in [-0.05, 0) is 29.3 Å². The second-order valence-electron chi connectivity index (χ2n) is 7.95. The summed E-state index contributed by atoms with van der Waals surface area (Å²) in [7, 11) is 0. The summed E-state index contributed by atoms with van der Waals surface area (Å²) in [5, 5.41) is 13.3. The lowest BCUT2D eigenvalue weighted by molar-refractivity contribution is 0.0337. The Bertz CT molecular complexity index is 1060. The van der Waals surface area contributed by atoms with Crippen molar-refractivity contribution in [3.63, 3.8) is 0 Å². The van der Waals surface area contributed by atoms with Crippen LogP contribution in [0.3, 0.4) is 0 Å². The van der Waals surface area contributed by atoms with Crippen molar-refractivity contribution in [1.29, 1.82) is 0 Å². The Morgan fingerprint density at radius 1 is 1.25 bits per heavy atom. The molecule has 3 aromatic rings. The molecule has 4 rings (SSSR count). The normalized spacial score (nSPS) is 15.4. The van der Waals surface area contributed by atoms with Crippen molar-refractivity contribution in [3.05, 3.63) is 65.4 Å². The average molecular weight is 453 g/mol. The van der Waals surface area contributed by atoms with Crippen LogP contribution in [0.4, 0.5) is 10.8 Å². The Morgan fingerprint density at radius 2 is 2.00 bits per heavy atom. The fourth-order valence-corrected chi connectivity index (χ4v) is 4.71. The second-order valence-corrected chi connectivity index (χ2v) is 9.00. The Morgan fingerprint density at radius 3 is 2.69 bits per heavy atom. The largest absolute Gasteiger partial charge is 0.396 e. The molecule has 0 aliphatic carbocycles. The summed E-state index contributed by atoms with van der Waals surface area (Å²) in [6, 6.07) is 15.7. The van der Waals surface area contributed by atoms with Gasteiger partial charge in [0.05, 0.1) is 24.5 Å². The molecule has 1 amide bonds. The Kier molecular flexibility index (Phi) is 7.16. The highest BCUT2D eigenvalue weighted by Gasteiger charge is 2.17. The maximum absolute atomic E-state index is 12.1. The molecule has 0 radical (unpaired) electrons. The number of morpholine rings is 1. The molecule has 1 aliphatic rings. The van der Waals surface area contributed by atoms with Gasteiger partial charge in [0, 0.05) is 37.0 Å². The smallest absolute Gasteiger partial charge is 0.251 e. The first-order valence-corrected chi connectivity index (χ1v) is 11.5. The lowest BCUT2D eigenvalue weighted by Crippen LogP contribution is -2.35. The third kappa shape index (κ3) is 5.34. The molecule has 7 nitrogen and oxygen atoms in total. The summed E-state index contributed by atoms with van der Waals surface area (Å²) in [4.78, 5) is 20.1. The molecule has 32 heavy (non-hydrogen) atoms. The van der Waals surface area contributed by atoms with Crippen LogP contribution in [0.2, 0.25) is 0 Å². The number of hydrogen-bond donors (Lipinski definition) is 3. The Hall–Kier alpha value is -2.78. The number of rotatable bonds is 8. The molecule has 4 N–H and O–H groups in total. The molecule has 1 atom stereocenters. The number of nitrogens with one attached hydrogen (secondary N) is 1. The predicted molar refractivity (Wildman–Crippen MR) is 127 cm³/mol. The zero-order chi connectivity index (χ0) is 22.5. The average Bonchev–Trinajstić information content (AvgIpc) is 3.23. The van der Waals surface area contributed by atoms with E-state index in [-0.39, 0.29) is 12.5 Å². The van der Waals surface area contributed by atoms with Gasteiger partial charge in [0.2, 0.25) is 0 Å². The summed E-state index contributed by atoms with van der Waals surface area (Å²) in [5.41, 5.74) is 9.13. The van der Waals surface area contributed by atoms with Gasteiger partial charge < -0.3 is 20.9 Å². The molecule has 0 saturated carbocycles. The van der Waals surface area contributed by atoms with Crippen LogP contribution in [0.1, 0.15) is 34.5 Å². The fourth-order valence-electron chi connectivity index (χ4n) is 3.63. The minimum Gasteiger partial charge on any atom is -0.396 e. The van der Waals surface area contributed by atoms with E-state index >= 15 is 0 Å². The lowest BCUT2D eigenvalue weighted by atomic mass is 10.0. The standard InChI is InChI=1S/C24H28N4O3S/c1-16(15-29)17-5-7-18(8-6-17)21-13-20(23(25)30)24(32-21)27-22-4-2-3-19(26-22)14-28-9-11-31-12-10-28/h2-8,13,16,29H,9-12,14-15H2,1H3,(H2,25,30)(H,26,27). The first kappa shape index (κ1) is 22.4. The third-order valence-electron chi connectivity index (χ3n) is 5.57. The maximum Gasteiger partial charge on any atom is 0.251 e. The SMILES string of the molecule is CC(CO)c1ccc(-c2cc(C(N)=O)c(Nc3cccc(CN4CCOCC4)n3)s2)cc1. The van der Waals surface area contributed by atoms with Gasteiger partial charge in [-0.3, -0.25) is 9.69 Å². The summed E-state index contributed by atoms with van der Waals surface area (Å²) in [6.07, 6.45) is 0. The number of hydrogen-bond acceptors (Lipinski definition) is 7. The van der Waals surface area contributed by atoms with E-state index in [1.807, 2.05) is 55.5 Å². The number of benzene rings is 1. The number of pyridine rings is 1. The molecule has 1 aromatic carbocycles. The summed E-state index contributed by atoms with van der Waals surface area (Å²) >= 11 is 1.47. The zero-order valence-electron chi connectivity index (χ0n) is 18.1. The van der Waals surface area contributed by atoms with Crippen molar-refractivity contribution in [1.82, 2.24) is 9.88 Å². The van der Waals surface area contributed by atoms with Crippen molar-refractivity contribution in [2.75, 3.05) is 38.2 Å². The first-order valence-electron chi connectivity index (χ1n) is 10.7. The molecule has 1 aliphatic heterocycles. The molecule has 1 unspecified atom stereocenters. The molecule has 0 spiro atoms. The zero-order valence-corrected chi connectivity index (χ0v) is 18.9. The minimum atomic E-state index is -0.481. The monoisotopic (exact) mass is 452 g/mol. The summed E-state index contributed by atoms with van der Waals surface area (Å²) in [5.74, 6) is 0.283. The number of ether oxygens (including phenoxy) is 1. The van der Waals surface area contributed by atoms with Crippen LogP contribution >= 0.6 is 11.3 Å². The van der Waals surface area contributed by atoms with Crippen LogP contribution in [0.5, 0.6) is 0 Å². The first-order chi connectivity index (χ1) is 15.5. The Balaban J connectivity index is 1.54. The van der Waals surface area contributed by atoms with Crippen molar-refractivity contribution in [2.45, 2.75) is 19.4 Å². The molecular formula is C24H28N4O3S. The molecule has 8 heteroatoms. The topological polar surface area (TPSA) is 101 Å². The quantitative estimate of drug-likeness (QED) is 0.483. The van der Waals surface area contributed by atoms with E-state index in [4.69, 9.17) is 15.5 Å². The minimum absolute atomic E-state index is 0.0848. The number of nitrogens with zero attached hydrogens (tertiary/aromatic N) is 2. The van der Waals surface area contributed by atoms with E-state index in [1.54, 1.807) is 0 Å². The van der Waals surface area contributed by atoms with Gasteiger partial charge in [-0.1, -0.05) is 37.3 Å². The van der Waals surface area contributed by atoms with Gasteiger partial charge in [0.15, 0.2) is 0 Å². The number of carbonyl (C=O) groups is 1. The van der Waals surface area contributed by atoms with Crippen molar-refractivity contribution >= 4 is 28.1 Å². The van der Waals surface area contributed by atoms with Crippen LogP contribution in [-0.2, 0) is 11.3 Å². The van der Waals surface area contributed by atoms with Gasteiger partial charge in [0.1, 0.15) is 10.8 Å². The van der Waals surface area contributed by atoms with Crippen molar-refractivity contribution in [2.24, 2.45) is 5.73 Å². The highest BCUT2D eigenvalue weighted by atomic mass is 32.1. The van der Waals surface area contributed by atoms with Gasteiger partial charge >= 0.3 is 0 Å². The van der Waals surface area contributed by atoms with E-state index < -0.39 is 5.91 Å². The van der Waals surface area contributed by atoms with Crippen molar-refractivity contribution < 1.29 is 14.6 Å². The van der Waals surface area contributed by atoms with Gasteiger partial charge in [0.25, 0.3) is 5.91 Å². The van der Waals surface area contributed by atoms with Crippen LogP contribution in [0.15, 0.2) is 48.5 Å². The van der Waals surface area contributed by atoms with Gasteiger partial charge in [-0.15, -0.1) is 11.3 Å². The number of aliphatic hydroxyl groups excluding tert-OH is 1. The van der Waals surface area contributed by atoms with E-state index in [9.17, 15) is 9.90 Å². The fraction of sp³-hybridized carbons (Fsp3) is 0.333. The number of nitrogens with two attached hydrogens (primary N) is 1. The second kappa shape index (κ2) is 10.2. The predicted octanol–water partition coefficient (Wildman–Crippen LogP) is 3.58. The van der Waals surface area contributed by atoms with Crippen LogP contribution in [0, 0.1) is 0 Å². The molecule has 0 bridgehead atoms. The summed E-state index contributed by atoms with van der Waals surface area (Å²) < 4.78 is 5.41. The molecule has 1 fully saturated rings. The number of primary amides is 1. The number of anilines is 2. The number of aromatic nitrogens is 1. The van der Waals surface area contributed by atoms with E-state index in [0.717, 1.165) is 54.5 Å². The van der Waals surface area contributed by atoms with Crippen LogP contribution < -0.4 is 11.1 Å². The van der Waals surface area contributed by atoms with E-state index in [2.05, 4.69) is 10.2 Å². The third-order valence-corrected chi connectivity index (χ3v) is 6.67. The molecule has 3 heterocycles. The Labute approximate surface area is 191 Å². The van der Waals surface area contributed by atoms with E-state index in [0.29, 0.717) is 16.4 Å². The van der Waals surface area contributed by atoms with Crippen LogP contribution in [0.25, 0.3) is 10.4 Å².